The number of hydrogen-bond donors (Lipinski definition) is 1. The molecule has 0 saturated heterocycles. The highest BCUT2D eigenvalue weighted by molar-refractivity contribution is 7.99. The fraction of sp³-hybridized carbons (Fsp3) is 0.438. The van der Waals surface area contributed by atoms with Crippen molar-refractivity contribution in [3.05, 3.63) is 42.2 Å². The van der Waals surface area contributed by atoms with Crippen LogP contribution in [0.5, 0.6) is 5.75 Å². The Morgan fingerprint density at radius 1 is 1.33 bits per heavy atom. The van der Waals surface area contributed by atoms with Crippen molar-refractivity contribution < 1.29 is 4.74 Å². The maximum atomic E-state index is 5.23. The first-order chi connectivity index (χ1) is 10.2. The van der Waals surface area contributed by atoms with E-state index in [1.54, 1.807) is 18.9 Å². The van der Waals surface area contributed by atoms with Crippen molar-refractivity contribution in [2.24, 2.45) is 7.05 Å². The highest BCUT2D eigenvalue weighted by Gasteiger charge is 2.12. The molecule has 0 spiro atoms. The monoisotopic (exact) mass is 305 g/mol. The Morgan fingerprint density at radius 3 is 2.67 bits per heavy atom. The first kappa shape index (κ1) is 15.9. The maximum absolute atomic E-state index is 5.23. The highest BCUT2D eigenvalue weighted by Crippen LogP contribution is 2.24. The van der Waals surface area contributed by atoms with Crippen molar-refractivity contribution in [3.8, 4) is 5.75 Å². The summed E-state index contributed by atoms with van der Waals surface area (Å²) in [5.74, 6) is 1.85. The van der Waals surface area contributed by atoms with E-state index in [1.165, 1.54) is 5.56 Å². The largest absolute Gasteiger partial charge is 0.497 e. The van der Waals surface area contributed by atoms with Crippen LogP contribution in [-0.4, -0.2) is 29.0 Å². The van der Waals surface area contributed by atoms with Crippen LogP contribution >= 0.6 is 11.8 Å². The summed E-state index contributed by atoms with van der Waals surface area (Å²) in [6, 6.07) is 8.61. The molecule has 1 N–H and O–H groups in total. The van der Waals surface area contributed by atoms with Crippen molar-refractivity contribution in [2.45, 2.75) is 24.5 Å². The fourth-order valence-electron chi connectivity index (χ4n) is 2.08. The molecule has 0 radical (unpaired) electrons. The number of methoxy groups -OCH3 is 1. The van der Waals surface area contributed by atoms with E-state index in [-0.39, 0.29) is 0 Å². The topological polar surface area (TPSA) is 39.1 Å². The summed E-state index contributed by atoms with van der Waals surface area (Å²) in [7, 11) is 3.72. The molecule has 0 bridgehead atoms. The molecule has 0 aliphatic carbocycles. The van der Waals surface area contributed by atoms with Crippen LogP contribution in [0.25, 0.3) is 0 Å². The molecule has 5 heteroatoms. The molecule has 1 atom stereocenters. The third-order valence-electron chi connectivity index (χ3n) is 3.31. The van der Waals surface area contributed by atoms with Gasteiger partial charge in [-0.15, -0.1) is 0 Å². The molecule has 0 amide bonds. The second kappa shape index (κ2) is 8.10. The fourth-order valence-corrected chi connectivity index (χ4v) is 3.10. The van der Waals surface area contributed by atoms with Gasteiger partial charge in [0.15, 0.2) is 5.16 Å². The number of nitrogens with zero attached hydrogens (tertiary/aromatic N) is 2. The summed E-state index contributed by atoms with van der Waals surface area (Å²) in [6.45, 7) is 3.20. The standard InChI is InChI=1S/C16H23N3OS/c1-4-9-17-15(12-21-16-18-10-11-19(16)2)13-5-7-14(20-3)8-6-13/h5-8,10-11,15,17H,4,9,12H2,1-3H3. The van der Waals surface area contributed by atoms with Crippen molar-refractivity contribution in [1.29, 1.82) is 0 Å². The molecule has 1 heterocycles. The second-order valence-electron chi connectivity index (χ2n) is 4.91. The van der Waals surface area contributed by atoms with E-state index >= 15 is 0 Å². The van der Waals surface area contributed by atoms with Gasteiger partial charge in [-0.1, -0.05) is 30.8 Å². The van der Waals surface area contributed by atoms with Gasteiger partial charge in [-0.05, 0) is 30.7 Å². The Labute approximate surface area is 130 Å². The number of aromatic nitrogens is 2. The Balaban J connectivity index is 2.04. The van der Waals surface area contributed by atoms with Gasteiger partial charge >= 0.3 is 0 Å². The molecule has 0 aliphatic heterocycles. The van der Waals surface area contributed by atoms with Crippen molar-refractivity contribution in [3.63, 3.8) is 0 Å². The number of hydrogen-bond acceptors (Lipinski definition) is 4. The first-order valence-corrected chi connectivity index (χ1v) is 8.20. The second-order valence-corrected chi connectivity index (χ2v) is 5.90. The van der Waals surface area contributed by atoms with Gasteiger partial charge in [0.2, 0.25) is 0 Å². The Morgan fingerprint density at radius 2 is 2.10 bits per heavy atom. The summed E-state index contributed by atoms with van der Waals surface area (Å²) in [4.78, 5) is 4.37. The molecule has 2 aromatic rings. The van der Waals surface area contributed by atoms with E-state index < -0.39 is 0 Å². The molecular formula is C16H23N3OS. The minimum Gasteiger partial charge on any atom is -0.497 e. The average Bonchev–Trinajstić information content (AvgIpc) is 2.93. The maximum Gasteiger partial charge on any atom is 0.167 e. The zero-order chi connectivity index (χ0) is 15.1. The SMILES string of the molecule is CCCNC(CSc1nccn1C)c1ccc(OC)cc1. The molecule has 0 aliphatic rings. The number of thioether (sulfide) groups is 1. The lowest BCUT2D eigenvalue weighted by Gasteiger charge is -2.19. The third-order valence-corrected chi connectivity index (χ3v) is 4.47. The molecule has 1 unspecified atom stereocenters. The van der Waals surface area contributed by atoms with Gasteiger partial charge in [0, 0.05) is 31.2 Å². The van der Waals surface area contributed by atoms with Crippen LogP contribution in [0, 0.1) is 0 Å². The van der Waals surface area contributed by atoms with E-state index in [0.717, 1.165) is 29.6 Å². The van der Waals surface area contributed by atoms with E-state index in [2.05, 4.69) is 33.9 Å². The van der Waals surface area contributed by atoms with Crippen LogP contribution in [0.1, 0.15) is 24.9 Å². The molecular weight excluding hydrogens is 282 g/mol. The zero-order valence-electron chi connectivity index (χ0n) is 12.9. The van der Waals surface area contributed by atoms with E-state index in [1.807, 2.05) is 31.6 Å². The number of ether oxygens (including phenoxy) is 1. The summed E-state index contributed by atoms with van der Waals surface area (Å²) >= 11 is 1.78. The van der Waals surface area contributed by atoms with Gasteiger partial charge < -0.3 is 14.6 Å². The number of rotatable bonds is 8. The minimum absolute atomic E-state index is 0.317. The molecule has 2 rings (SSSR count). The van der Waals surface area contributed by atoms with Crippen LogP contribution in [0.15, 0.2) is 41.8 Å². The van der Waals surface area contributed by atoms with Gasteiger partial charge in [-0.2, -0.15) is 0 Å². The number of benzene rings is 1. The van der Waals surface area contributed by atoms with E-state index in [9.17, 15) is 0 Å². The van der Waals surface area contributed by atoms with Crippen molar-refractivity contribution >= 4 is 11.8 Å². The predicted octanol–water partition coefficient (Wildman–Crippen LogP) is 3.26. The van der Waals surface area contributed by atoms with Gasteiger partial charge in [-0.3, -0.25) is 0 Å². The lowest BCUT2D eigenvalue weighted by atomic mass is 10.1. The summed E-state index contributed by atoms with van der Waals surface area (Å²) in [6.07, 6.45) is 4.94. The Hall–Kier alpha value is -1.46. The van der Waals surface area contributed by atoms with Gasteiger partial charge in [-0.25, -0.2) is 4.98 Å². The molecule has 114 valence electrons. The van der Waals surface area contributed by atoms with Gasteiger partial charge in [0.1, 0.15) is 5.75 Å². The van der Waals surface area contributed by atoms with Crippen LogP contribution < -0.4 is 10.1 Å². The summed E-state index contributed by atoms with van der Waals surface area (Å²) < 4.78 is 7.28. The zero-order valence-corrected chi connectivity index (χ0v) is 13.7. The number of aryl methyl sites for hydroxylation is 1. The molecule has 0 saturated carbocycles. The molecule has 1 aromatic heterocycles. The van der Waals surface area contributed by atoms with Gasteiger partial charge in [0.05, 0.1) is 7.11 Å². The predicted molar refractivity (Wildman–Crippen MR) is 88.0 cm³/mol. The number of nitrogens with one attached hydrogen (secondary N) is 1. The van der Waals surface area contributed by atoms with Gasteiger partial charge in [0.25, 0.3) is 0 Å². The molecule has 0 fully saturated rings. The van der Waals surface area contributed by atoms with E-state index in [4.69, 9.17) is 4.74 Å². The Kier molecular flexibility index (Phi) is 6.14. The highest BCUT2D eigenvalue weighted by atomic mass is 32.2. The first-order valence-electron chi connectivity index (χ1n) is 7.22. The smallest absolute Gasteiger partial charge is 0.167 e. The van der Waals surface area contributed by atoms with Crippen LogP contribution in [0.4, 0.5) is 0 Å². The quantitative estimate of drug-likeness (QED) is 0.760. The van der Waals surface area contributed by atoms with Crippen LogP contribution in [0.2, 0.25) is 0 Å². The minimum atomic E-state index is 0.317. The van der Waals surface area contributed by atoms with Crippen molar-refractivity contribution in [1.82, 2.24) is 14.9 Å². The lowest BCUT2D eigenvalue weighted by molar-refractivity contribution is 0.414. The van der Waals surface area contributed by atoms with Crippen LogP contribution in [0.3, 0.4) is 0 Å². The van der Waals surface area contributed by atoms with Crippen molar-refractivity contribution in [2.75, 3.05) is 19.4 Å². The average molecular weight is 305 g/mol. The molecule has 1 aromatic carbocycles. The molecule has 21 heavy (non-hydrogen) atoms. The summed E-state index contributed by atoms with van der Waals surface area (Å²) in [5, 5.41) is 4.65. The molecule has 4 nitrogen and oxygen atoms in total. The normalized spacial score (nSPS) is 12.3. The number of imidazole rings is 1. The van der Waals surface area contributed by atoms with Crippen LogP contribution in [-0.2, 0) is 7.05 Å². The third kappa shape index (κ3) is 4.51. The Bertz CT molecular complexity index is 539. The lowest BCUT2D eigenvalue weighted by Crippen LogP contribution is -2.24. The van der Waals surface area contributed by atoms with E-state index in [0.29, 0.717) is 6.04 Å². The summed E-state index contributed by atoms with van der Waals surface area (Å²) in [5.41, 5.74) is 1.28.